The van der Waals surface area contributed by atoms with Crippen LogP contribution in [-0.2, 0) is 19.1 Å². The summed E-state index contributed by atoms with van der Waals surface area (Å²) < 4.78 is 4.86. The Bertz CT molecular complexity index is 644. The molecule has 1 fully saturated rings. The number of carboxylic acids is 1. The zero-order valence-corrected chi connectivity index (χ0v) is 13.9. The number of anilines is 1. The van der Waals surface area contributed by atoms with Gasteiger partial charge in [0.2, 0.25) is 11.8 Å². The molecule has 0 radical (unpaired) electrons. The summed E-state index contributed by atoms with van der Waals surface area (Å²) in [6.45, 7) is 4.26. The number of carbonyl (C=O) groups is 3. The molecule has 1 aliphatic heterocycles. The smallest absolute Gasteiger partial charge is 0.329 e. The minimum Gasteiger partial charge on any atom is -0.480 e. The summed E-state index contributed by atoms with van der Waals surface area (Å²) in [5.74, 6) is -1.73. The lowest BCUT2D eigenvalue weighted by atomic mass is 10.1. The molecule has 0 aliphatic carbocycles. The highest BCUT2D eigenvalue weighted by atomic mass is 16.5. The summed E-state index contributed by atoms with van der Waals surface area (Å²) >= 11 is 0. The Morgan fingerprint density at radius 1 is 1.38 bits per heavy atom. The van der Waals surface area contributed by atoms with Gasteiger partial charge >= 0.3 is 5.97 Å². The number of aliphatic carboxylic acids is 1. The Kier molecular flexibility index (Phi) is 5.92. The Labute approximate surface area is 140 Å². The fourth-order valence-electron chi connectivity index (χ4n) is 2.69. The van der Waals surface area contributed by atoms with Gasteiger partial charge in [-0.05, 0) is 31.0 Å². The van der Waals surface area contributed by atoms with E-state index in [1.54, 1.807) is 4.90 Å². The maximum atomic E-state index is 12.3. The van der Waals surface area contributed by atoms with Crippen LogP contribution in [0, 0.1) is 19.8 Å². The molecule has 2 amide bonds. The van der Waals surface area contributed by atoms with Crippen molar-refractivity contribution in [1.29, 1.82) is 0 Å². The maximum absolute atomic E-state index is 12.3. The van der Waals surface area contributed by atoms with E-state index < -0.39 is 18.5 Å². The average Bonchev–Trinajstić information content (AvgIpc) is 2.91. The highest BCUT2D eigenvalue weighted by Crippen LogP contribution is 2.29. The van der Waals surface area contributed by atoms with Crippen molar-refractivity contribution in [2.24, 2.45) is 5.92 Å². The predicted molar refractivity (Wildman–Crippen MR) is 87.8 cm³/mol. The van der Waals surface area contributed by atoms with Crippen LogP contribution < -0.4 is 10.2 Å². The van der Waals surface area contributed by atoms with Gasteiger partial charge in [0.25, 0.3) is 0 Å². The molecule has 1 heterocycles. The van der Waals surface area contributed by atoms with Crippen molar-refractivity contribution < 1.29 is 24.2 Å². The number of hydrogen-bond donors (Lipinski definition) is 2. The molecule has 24 heavy (non-hydrogen) atoms. The largest absolute Gasteiger partial charge is 0.480 e. The number of amides is 2. The molecular formula is C17H22N2O5. The van der Waals surface area contributed by atoms with Crippen LogP contribution in [0.3, 0.4) is 0 Å². The molecule has 0 bridgehead atoms. The minimum absolute atomic E-state index is 0.0639. The second kappa shape index (κ2) is 7.92. The fraction of sp³-hybridized carbons (Fsp3) is 0.471. The third kappa shape index (κ3) is 4.32. The van der Waals surface area contributed by atoms with E-state index in [1.165, 1.54) is 0 Å². The van der Waals surface area contributed by atoms with Gasteiger partial charge in [0, 0.05) is 25.2 Å². The van der Waals surface area contributed by atoms with Crippen LogP contribution in [0.1, 0.15) is 17.5 Å². The van der Waals surface area contributed by atoms with Crippen molar-refractivity contribution >= 4 is 23.5 Å². The van der Waals surface area contributed by atoms with Gasteiger partial charge in [0.1, 0.15) is 6.61 Å². The van der Waals surface area contributed by atoms with Gasteiger partial charge in [-0.1, -0.05) is 12.1 Å². The molecule has 0 saturated carbocycles. The molecule has 2 rings (SSSR count). The standard InChI is InChI=1S/C17H22N2O5/c1-11-4-3-5-14(12(11)2)19-9-13(8-15(19)20)17(23)18-6-7-24-10-16(21)22/h3-5,13H,6-10H2,1-2H3,(H,18,23)(H,21,22). The first-order chi connectivity index (χ1) is 11.4. The summed E-state index contributed by atoms with van der Waals surface area (Å²) in [4.78, 5) is 36.4. The van der Waals surface area contributed by atoms with E-state index in [2.05, 4.69) is 5.32 Å². The Morgan fingerprint density at radius 3 is 2.83 bits per heavy atom. The van der Waals surface area contributed by atoms with Gasteiger partial charge < -0.3 is 20.1 Å². The maximum Gasteiger partial charge on any atom is 0.329 e. The van der Waals surface area contributed by atoms with E-state index in [-0.39, 0.29) is 31.4 Å². The van der Waals surface area contributed by atoms with Gasteiger partial charge in [0.05, 0.1) is 12.5 Å². The molecule has 0 aromatic heterocycles. The van der Waals surface area contributed by atoms with Crippen molar-refractivity contribution in [3.63, 3.8) is 0 Å². The molecule has 7 nitrogen and oxygen atoms in total. The second-order valence-corrected chi connectivity index (χ2v) is 5.86. The topological polar surface area (TPSA) is 95.9 Å². The first-order valence-corrected chi connectivity index (χ1v) is 7.84. The second-order valence-electron chi connectivity index (χ2n) is 5.86. The Balaban J connectivity index is 1.88. The predicted octanol–water partition coefficient (Wildman–Crippen LogP) is 0.874. The lowest BCUT2D eigenvalue weighted by molar-refractivity contribution is -0.142. The monoisotopic (exact) mass is 334 g/mol. The number of hydrogen-bond acceptors (Lipinski definition) is 4. The molecule has 7 heteroatoms. The van der Waals surface area contributed by atoms with Crippen LogP contribution >= 0.6 is 0 Å². The fourth-order valence-corrected chi connectivity index (χ4v) is 2.69. The lowest BCUT2D eigenvalue weighted by Gasteiger charge is -2.20. The SMILES string of the molecule is Cc1cccc(N2CC(C(=O)NCCOCC(=O)O)CC2=O)c1C. The highest BCUT2D eigenvalue weighted by molar-refractivity contribution is 6.00. The Morgan fingerprint density at radius 2 is 2.12 bits per heavy atom. The van der Waals surface area contributed by atoms with Crippen molar-refractivity contribution in [3.05, 3.63) is 29.3 Å². The summed E-state index contributed by atoms with van der Waals surface area (Å²) in [6, 6.07) is 5.78. The lowest BCUT2D eigenvalue weighted by Crippen LogP contribution is -2.35. The van der Waals surface area contributed by atoms with E-state index in [0.29, 0.717) is 6.54 Å². The quantitative estimate of drug-likeness (QED) is 0.722. The molecule has 2 N–H and O–H groups in total. The Hall–Kier alpha value is -2.41. The van der Waals surface area contributed by atoms with Crippen molar-refractivity contribution in [2.45, 2.75) is 20.3 Å². The molecule has 1 unspecified atom stereocenters. The normalized spacial score (nSPS) is 17.2. The van der Waals surface area contributed by atoms with Crippen LogP contribution in [0.4, 0.5) is 5.69 Å². The van der Waals surface area contributed by atoms with Gasteiger partial charge in [-0.2, -0.15) is 0 Å². The van der Waals surface area contributed by atoms with Crippen LogP contribution in [0.25, 0.3) is 0 Å². The molecule has 1 aliphatic rings. The third-order valence-electron chi connectivity index (χ3n) is 4.13. The number of aryl methyl sites for hydroxylation is 1. The molecule has 1 atom stereocenters. The van der Waals surface area contributed by atoms with Crippen molar-refractivity contribution in [3.8, 4) is 0 Å². The number of benzene rings is 1. The molecule has 1 aromatic rings. The van der Waals surface area contributed by atoms with Crippen LogP contribution in [0.2, 0.25) is 0 Å². The summed E-state index contributed by atoms with van der Waals surface area (Å²) in [5.41, 5.74) is 2.98. The zero-order chi connectivity index (χ0) is 17.7. The molecule has 1 aromatic carbocycles. The third-order valence-corrected chi connectivity index (χ3v) is 4.13. The van der Waals surface area contributed by atoms with E-state index >= 15 is 0 Å². The van der Waals surface area contributed by atoms with Gasteiger partial charge in [-0.25, -0.2) is 4.79 Å². The number of carbonyl (C=O) groups excluding carboxylic acids is 2. The van der Waals surface area contributed by atoms with E-state index in [9.17, 15) is 14.4 Å². The zero-order valence-electron chi connectivity index (χ0n) is 13.9. The summed E-state index contributed by atoms with van der Waals surface area (Å²) in [6.07, 6.45) is 0.176. The number of carboxylic acid groups (broad SMARTS) is 1. The number of nitrogens with one attached hydrogen (secondary N) is 1. The highest BCUT2D eigenvalue weighted by Gasteiger charge is 2.35. The van der Waals surface area contributed by atoms with E-state index in [1.807, 2.05) is 32.0 Å². The van der Waals surface area contributed by atoms with Gasteiger partial charge in [-0.15, -0.1) is 0 Å². The van der Waals surface area contributed by atoms with E-state index in [0.717, 1.165) is 16.8 Å². The summed E-state index contributed by atoms with van der Waals surface area (Å²) in [5, 5.41) is 11.1. The van der Waals surface area contributed by atoms with Gasteiger partial charge in [-0.3, -0.25) is 9.59 Å². The molecular weight excluding hydrogens is 312 g/mol. The minimum atomic E-state index is -1.05. The van der Waals surface area contributed by atoms with Crippen LogP contribution in [0.15, 0.2) is 18.2 Å². The van der Waals surface area contributed by atoms with Crippen LogP contribution in [0.5, 0.6) is 0 Å². The molecule has 0 spiro atoms. The first-order valence-electron chi connectivity index (χ1n) is 7.84. The first kappa shape index (κ1) is 17.9. The van der Waals surface area contributed by atoms with Gasteiger partial charge in [0.15, 0.2) is 0 Å². The number of rotatable bonds is 7. The van der Waals surface area contributed by atoms with Crippen LogP contribution in [-0.4, -0.2) is 49.2 Å². The van der Waals surface area contributed by atoms with Crippen molar-refractivity contribution in [1.82, 2.24) is 5.32 Å². The number of nitrogens with zero attached hydrogens (tertiary/aromatic N) is 1. The molecule has 1 saturated heterocycles. The summed E-state index contributed by atoms with van der Waals surface area (Å²) in [7, 11) is 0. The molecule has 130 valence electrons. The van der Waals surface area contributed by atoms with E-state index in [4.69, 9.17) is 9.84 Å². The average molecular weight is 334 g/mol. The van der Waals surface area contributed by atoms with Crippen molar-refractivity contribution in [2.75, 3.05) is 31.2 Å². The number of ether oxygens (including phenoxy) is 1.